The van der Waals surface area contributed by atoms with Crippen LogP contribution >= 0.6 is 0 Å². The van der Waals surface area contributed by atoms with Gasteiger partial charge in [0.2, 0.25) is 11.8 Å². The van der Waals surface area contributed by atoms with E-state index in [2.05, 4.69) is 17.3 Å². The summed E-state index contributed by atoms with van der Waals surface area (Å²) in [5, 5.41) is 2.92. The smallest absolute Gasteiger partial charge is 0.319 e. The Morgan fingerprint density at radius 2 is 1.84 bits per heavy atom. The molecule has 0 bridgehead atoms. The van der Waals surface area contributed by atoms with Crippen molar-refractivity contribution >= 4 is 29.2 Å². The molecule has 0 saturated carbocycles. The highest BCUT2D eigenvalue weighted by Crippen LogP contribution is 2.28. The van der Waals surface area contributed by atoms with Crippen molar-refractivity contribution in [1.29, 1.82) is 0 Å². The van der Waals surface area contributed by atoms with Crippen molar-refractivity contribution in [2.75, 3.05) is 36.9 Å². The van der Waals surface area contributed by atoms with Gasteiger partial charge in [0.25, 0.3) is 0 Å². The highest BCUT2D eigenvalue weighted by atomic mass is 16.2. The first-order valence-corrected chi connectivity index (χ1v) is 8.59. The van der Waals surface area contributed by atoms with Crippen molar-refractivity contribution in [3.8, 4) is 0 Å². The molecule has 0 radical (unpaired) electrons. The molecule has 2 saturated heterocycles. The van der Waals surface area contributed by atoms with Gasteiger partial charge in [-0.3, -0.25) is 14.5 Å². The van der Waals surface area contributed by atoms with Crippen molar-refractivity contribution in [3.63, 3.8) is 0 Å². The van der Waals surface area contributed by atoms with Gasteiger partial charge in [-0.25, -0.2) is 4.79 Å². The van der Waals surface area contributed by atoms with Crippen molar-refractivity contribution in [2.24, 2.45) is 0 Å². The number of hydrogen-bond acceptors (Lipinski definition) is 4. The number of likely N-dealkylation sites (N-methyl/N-ethyl adjacent to an activating group) is 1. The molecule has 2 heterocycles. The molecule has 1 aromatic rings. The summed E-state index contributed by atoms with van der Waals surface area (Å²) in [6, 6.07) is 5.28. The Bertz CT molecular complexity index is 702. The van der Waals surface area contributed by atoms with Gasteiger partial charge in [0.05, 0.1) is 5.69 Å². The van der Waals surface area contributed by atoms with Gasteiger partial charge in [-0.15, -0.1) is 0 Å². The van der Waals surface area contributed by atoms with E-state index in [-0.39, 0.29) is 36.7 Å². The Morgan fingerprint density at radius 3 is 2.44 bits per heavy atom. The Hall–Kier alpha value is -2.41. The van der Waals surface area contributed by atoms with Crippen LogP contribution in [-0.2, 0) is 9.59 Å². The zero-order valence-electron chi connectivity index (χ0n) is 14.9. The summed E-state index contributed by atoms with van der Waals surface area (Å²) < 4.78 is 0. The Morgan fingerprint density at radius 1 is 1.16 bits per heavy atom. The summed E-state index contributed by atoms with van der Waals surface area (Å²) in [4.78, 5) is 41.6. The van der Waals surface area contributed by atoms with Crippen LogP contribution in [0.3, 0.4) is 0 Å². The van der Waals surface area contributed by atoms with Crippen molar-refractivity contribution in [2.45, 2.75) is 32.7 Å². The minimum atomic E-state index is -0.170. The first-order chi connectivity index (χ1) is 11.9. The van der Waals surface area contributed by atoms with E-state index in [0.717, 1.165) is 18.7 Å². The Balaban J connectivity index is 1.72. The standard InChI is InChI=1S/C18H24N4O3/c1-12-10-14(4-5-15(12)22-16(23)6-7-17(22)24)19-18(25)21-9-8-20(3)11-13(21)2/h4-5,10,13H,6-9,11H2,1-3H3,(H,19,25). The lowest BCUT2D eigenvalue weighted by Gasteiger charge is -2.38. The third-order valence-corrected chi connectivity index (χ3v) is 4.83. The number of urea groups is 1. The molecule has 7 nitrogen and oxygen atoms in total. The maximum atomic E-state index is 12.5. The number of amides is 4. The third-order valence-electron chi connectivity index (χ3n) is 4.83. The number of piperazine rings is 1. The monoisotopic (exact) mass is 344 g/mol. The van der Waals surface area contributed by atoms with Crippen molar-refractivity contribution in [3.05, 3.63) is 23.8 Å². The maximum absolute atomic E-state index is 12.5. The predicted molar refractivity (Wildman–Crippen MR) is 95.6 cm³/mol. The van der Waals surface area contributed by atoms with E-state index < -0.39 is 0 Å². The van der Waals surface area contributed by atoms with Gasteiger partial charge in [-0.2, -0.15) is 0 Å². The minimum Gasteiger partial charge on any atom is -0.319 e. The lowest BCUT2D eigenvalue weighted by atomic mass is 10.1. The molecule has 2 fully saturated rings. The normalized spacial score (nSPS) is 21.8. The zero-order chi connectivity index (χ0) is 18.1. The number of carbonyl (C=O) groups is 3. The second-order valence-electron chi connectivity index (χ2n) is 6.86. The van der Waals surface area contributed by atoms with Gasteiger partial charge in [0, 0.05) is 44.2 Å². The first-order valence-electron chi connectivity index (χ1n) is 8.59. The predicted octanol–water partition coefficient (Wildman–Crippen LogP) is 1.82. The van der Waals surface area contributed by atoms with Crippen LogP contribution in [0, 0.1) is 6.92 Å². The first kappa shape index (κ1) is 17.4. The molecule has 134 valence electrons. The average molecular weight is 344 g/mol. The molecule has 0 aromatic heterocycles. The maximum Gasteiger partial charge on any atom is 0.322 e. The second-order valence-corrected chi connectivity index (χ2v) is 6.86. The van der Waals surface area contributed by atoms with Crippen LogP contribution in [0.5, 0.6) is 0 Å². The molecule has 4 amide bonds. The summed E-state index contributed by atoms with van der Waals surface area (Å²) in [6.07, 6.45) is 0.524. The molecule has 1 aromatic carbocycles. The fourth-order valence-corrected chi connectivity index (χ4v) is 3.47. The fourth-order valence-electron chi connectivity index (χ4n) is 3.47. The number of carbonyl (C=O) groups excluding carboxylic acids is 3. The number of nitrogens with zero attached hydrogens (tertiary/aromatic N) is 3. The van der Waals surface area contributed by atoms with E-state index in [1.54, 1.807) is 18.2 Å². The van der Waals surface area contributed by atoms with E-state index in [1.807, 2.05) is 18.7 Å². The number of aryl methyl sites for hydroxylation is 1. The molecule has 0 spiro atoms. The summed E-state index contributed by atoms with van der Waals surface area (Å²) in [5.74, 6) is -0.340. The van der Waals surface area contributed by atoms with E-state index >= 15 is 0 Å². The fraction of sp³-hybridized carbons (Fsp3) is 0.500. The summed E-state index contributed by atoms with van der Waals surface area (Å²) in [6.45, 7) is 6.27. The van der Waals surface area contributed by atoms with E-state index in [1.165, 1.54) is 4.90 Å². The van der Waals surface area contributed by atoms with Gasteiger partial charge in [-0.1, -0.05) is 0 Å². The molecule has 0 aliphatic carbocycles. The van der Waals surface area contributed by atoms with Crippen molar-refractivity contribution in [1.82, 2.24) is 9.80 Å². The molecule has 7 heteroatoms. The molecule has 2 aliphatic rings. The summed E-state index contributed by atoms with van der Waals surface area (Å²) >= 11 is 0. The highest BCUT2D eigenvalue weighted by Gasteiger charge is 2.31. The Kier molecular flexibility index (Phi) is 4.76. The number of nitrogens with one attached hydrogen (secondary N) is 1. The summed E-state index contributed by atoms with van der Waals surface area (Å²) in [5.41, 5.74) is 2.04. The molecule has 1 atom stereocenters. The quantitative estimate of drug-likeness (QED) is 0.831. The van der Waals surface area contributed by atoms with Crippen LogP contribution in [0.1, 0.15) is 25.3 Å². The van der Waals surface area contributed by atoms with Crippen LogP contribution in [0.25, 0.3) is 0 Å². The molecular formula is C18H24N4O3. The lowest BCUT2D eigenvalue weighted by Crippen LogP contribution is -2.53. The second kappa shape index (κ2) is 6.84. The number of rotatable bonds is 2. The number of hydrogen-bond donors (Lipinski definition) is 1. The van der Waals surface area contributed by atoms with E-state index in [9.17, 15) is 14.4 Å². The number of benzene rings is 1. The van der Waals surface area contributed by atoms with Crippen LogP contribution in [0.15, 0.2) is 18.2 Å². The van der Waals surface area contributed by atoms with Gasteiger partial charge >= 0.3 is 6.03 Å². The van der Waals surface area contributed by atoms with E-state index in [4.69, 9.17) is 0 Å². The van der Waals surface area contributed by atoms with Crippen molar-refractivity contribution < 1.29 is 14.4 Å². The van der Waals surface area contributed by atoms with E-state index in [0.29, 0.717) is 17.9 Å². The van der Waals surface area contributed by atoms with Crippen LogP contribution in [-0.4, -0.2) is 60.4 Å². The topological polar surface area (TPSA) is 73.0 Å². The molecular weight excluding hydrogens is 320 g/mol. The van der Waals surface area contributed by atoms with Gasteiger partial charge in [0.15, 0.2) is 0 Å². The summed E-state index contributed by atoms with van der Waals surface area (Å²) in [7, 11) is 2.05. The van der Waals surface area contributed by atoms with Gasteiger partial charge in [-0.05, 0) is 44.7 Å². The third kappa shape index (κ3) is 3.51. The zero-order valence-corrected chi connectivity index (χ0v) is 14.9. The highest BCUT2D eigenvalue weighted by molar-refractivity contribution is 6.20. The molecule has 25 heavy (non-hydrogen) atoms. The SMILES string of the molecule is Cc1cc(NC(=O)N2CCN(C)CC2C)ccc1N1C(=O)CCC1=O. The van der Waals surface area contributed by atoms with Crippen LogP contribution in [0.2, 0.25) is 0 Å². The molecule has 3 rings (SSSR count). The number of anilines is 2. The molecule has 2 aliphatic heterocycles. The molecule has 1 unspecified atom stereocenters. The largest absolute Gasteiger partial charge is 0.322 e. The molecule has 1 N–H and O–H groups in total. The van der Waals surface area contributed by atoms with Crippen LogP contribution in [0.4, 0.5) is 16.2 Å². The Labute approximate surface area is 147 Å². The van der Waals surface area contributed by atoms with Gasteiger partial charge < -0.3 is 15.1 Å². The lowest BCUT2D eigenvalue weighted by molar-refractivity contribution is -0.121. The van der Waals surface area contributed by atoms with Crippen LogP contribution < -0.4 is 10.2 Å². The average Bonchev–Trinajstić information content (AvgIpc) is 2.86. The number of imide groups is 1. The minimum absolute atomic E-state index is 0.124. The van der Waals surface area contributed by atoms with Gasteiger partial charge in [0.1, 0.15) is 0 Å².